The summed E-state index contributed by atoms with van der Waals surface area (Å²) < 4.78 is 15.0. The Hall–Kier alpha value is -2.51. The number of benzene rings is 1. The summed E-state index contributed by atoms with van der Waals surface area (Å²) >= 11 is 5.59. The maximum Gasteiger partial charge on any atom is 0.271 e. The molecule has 23 heavy (non-hydrogen) atoms. The number of fused-ring (bicyclic) bond motifs is 1. The Balaban J connectivity index is 1.67. The van der Waals surface area contributed by atoms with Crippen molar-refractivity contribution in [1.29, 1.82) is 0 Å². The monoisotopic (exact) mass is 334 g/mol. The summed E-state index contributed by atoms with van der Waals surface area (Å²) in [6.07, 6.45) is 3.77. The standard InChI is InChI=1S/C15H12ClFN4O2/c16-10-3-2-9(6-11(10)17)13(22)7-19-14(23)12-8-21-5-1-4-18-15(21)20-12/h1-6,8,13,22H,7H2,(H,19,23). The van der Waals surface area contributed by atoms with Gasteiger partial charge in [-0.05, 0) is 23.8 Å². The lowest BCUT2D eigenvalue weighted by atomic mass is 10.1. The van der Waals surface area contributed by atoms with E-state index in [-0.39, 0.29) is 17.3 Å². The molecule has 0 aliphatic heterocycles. The molecule has 0 aliphatic rings. The average Bonchev–Trinajstić information content (AvgIpc) is 2.99. The average molecular weight is 335 g/mol. The van der Waals surface area contributed by atoms with Crippen LogP contribution in [0.15, 0.2) is 42.9 Å². The highest BCUT2D eigenvalue weighted by molar-refractivity contribution is 6.30. The van der Waals surface area contributed by atoms with Crippen LogP contribution in [0, 0.1) is 5.82 Å². The maximum atomic E-state index is 13.4. The zero-order valence-electron chi connectivity index (χ0n) is 11.8. The van der Waals surface area contributed by atoms with Crippen LogP contribution in [0.4, 0.5) is 4.39 Å². The number of hydrogen-bond acceptors (Lipinski definition) is 4. The van der Waals surface area contributed by atoms with Gasteiger partial charge < -0.3 is 10.4 Å². The minimum atomic E-state index is -1.05. The van der Waals surface area contributed by atoms with Gasteiger partial charge in [-0.2, -0.15) is 0 Å². The number of carbonyl (C=O) groups is 1. The number of hydrogen-bond donors (Lipinski definition) is 2. The van der Waals surface area contributed by atoms with Gasteiger partial charge in [0.15, 0.2) is 0 Å². The highest BCUT2D eigenvalue weighted by atomic mass is 35.5. The first-order valence-corrected chi connectivity index (χ1v) is 7.13. The second kappa shape index (κ2) is 6.31. The molecular weight excluding hydrogens is 323 g/mol. The summed E-state index contributed by atoms with van der Waals surface area (Å²) in [5, 5.41) is 12.5. The van der Waals surface area contributed by atoms with Crippen molar-refractivity contribution in [2.75, 3.05) is 6.54 Å². The second-order valence-corrected chi connectivity index (χ2v) is 5.26. The molecule has 2 N–H and O–H groups in total. The number of nitrogens with zero attached hydrogens (tertiary/aromatic N) is 3. The van der Waals surface area contributed by atoms with Crippen LogP contribution >= 0.6 is 11.6 Å². The van der Waals surface area contributed by atoms with Crippen molar-refractivity contribution in [2.45, 2.75) is 6.10 Å². The number of carbonyl (C=O) groups excluding carboxylic acids is 1. The summed E-state index contributed by atoms with van der Waals surface area (Å²) in [4.78, 5) is 20.1. The van der Waals surface area contributed by atoms with Crippen LogP contribution in [0.2, 0.25) is 5.02 Å². The number of aliphatic hydroxyl groups excluding tert-OH is 1. The second-order valence-electron chi connectivity index (χ2n) is 4.85. The van der Waals surface area contributed by atoms with Crippen LogP contribution in [0.3, 0.4) is 0 Å². The van der Waals surface area contributed by atoms with Crippen molar-refractivity contribution in [3.8, 4) is 0 Å². The molecule has 1 unspecified atom stereocenters. The molecule has 0 saturated heterocycles. The van der Waals surface area contributed by atoms with Crippen molar-refractivity contribution in [3.63, 3.8) is 0 Å². The Bertz CT molecular complexity index is 835. The number of imidazole rings is 1. The van der Waals surface area contributed by atoms with Gasteiger partial charge >= 0.3 is 0 Å². The van der Waals surface area contributed by atoms with Gasteiger partial charge in [0.05, 0.1) is 11.1 Å². The lowest BCUT2D eigenvalue weighted by Gasteiger charge is -2.12. The number of amides is 1. The number of aliphatic hydroxyl groups is 1. The van der Waals surface area contributed by atoms with E-state index in [2.05, 4.69) is 15.3 Å². The van der Waals surface area contributed by atoms with E-state index in [1.165, 1.54) is 18.3 Å². The summed E-state index contributed by atoms with van der Waals surface area (Å²) in [5.41, 5.74) is 0.502. The fourth-order valence-electron chi connectivity index (χ4n) is 2.06. The molecule has 6 nitrogen and oxygen atoms in total. The van der Waals surface area contributed by atoms with Gasteiger partial charge in [0.1, 0.15) is 11.5 Å². The molecule has 1 atom stereocenters. The number of nitrogens with one attached hydrogen (secondary N) is 1. The summed E-state index contributed by atoms with van der Waals surface area (Å²) in [5.74, 6) is -0.678. The Morgan fingerprint density at radius 3 is 3.04 bits per heavy atom. The predicted octanol–water partition coefficient (Wildman–Crippen LogP) is 1.99. The van der Waals surface area contributed by atoms with Crippen LogP contribution < -0.4 is 5.32 Å². The molecular formula is C15H12ClFN4O2. The Morgan fingerprint density at radius 1 is 1.48 bits per heavy atom. The van der Waals surface area contributed by atoms with Crippen LogP contribution in [0.5, 0.6) is 0 Å². The molecule has 0 aliphatic carbocycles. The van der Waals surface area contributed by atoms with Crippen molar-refractivity contribution >= 4 is 23.3 Å². The third kappa shape index (κ3) is 3.30. The van der Waals surface area contributed by atoms with Gasteiger partial charge in [-0.3, -0.25) is 9.20 Å². The van der Waals surface area contributed by atoms with Crippen LogP contribution in [-0.2, 0) is 0 Å². The minimum Gasteiger partial charge on any atom is -0.387 e. The molecule has 118 valence electrons. The largest absolute Gasteiger partial charge is 0.387 e. The fraction of sp³-hybridized carbons (Fsp3) is 0.133. The summed E-state index contributed by atoms with van der Waals surface area (Å²) in [7, 11) is 0. The number of aromatic nitrogens is 3. The van der Waals surface area contributed by atoms with Crippen molar-refractivity contribution in [2.24, 2.45) is 0 Å². The van der Waals surface area contributed by atoms with E-state index >= 15 is 0 Å². The summed E-state index contributed by atoms with van der Waals surface area (Å²) in [6.45, 7) is -0.0821. The van der Waals surface area contributed by atoms with E-state index in [4.69, 9.17) is 11.6 Å². The van der Waals surface area contributed by atoms with Crippen LogP contribution in [0.25, 0.3) is 5.78 Å². The van der Waals surface area contributed by atoms with E-state index in [1.807, 2.05) is 0 Å². The van der Waals surface area contributed by atoms with Gasteiger partial charge in [0, 0.05) is 25.1 Å². The number of halogens is 2. The van der Waals surface area contributed by atoms with Gasteiger partial charge in [0.2, 0.25) is 5.78 Å². The Labute approximate surface area is 135 Å². The SMILES string of the molecule is O=C(NCC(O)c1ccc(Cl)c(F)c1)c1cn2cccnc2n1. The first kappa shape index (κ1) is 15.4. The molecule has 8 heteroatoms. The topological polar surface area (TPSA) is 79.5 Å². The van der Waals surface area contributed by atoms with E-state index in [1.54, 1.807) is 22.9 Å². The molecule has 3 rings (SSSR count). The fourth-order valence-corrected chi connectivity index (χ4v) is 2.17. The normalized spacial score (nSPS) is 12.3. The molecule has 1 amide bonds. The van der Waals surface area contributed by atoms with E-state index in [0.717, 1.165) is 6.07 Å². The van der Waals surface area contributed by atoms with Gasteiger partial charge in [-0.15, -0.1) is 0 Å². The van der Waals surface area contributed by atoms with Gasteiger partial charge in [-0.25, -0.2) is 14.4 Å². The maximum absolute atomic E-state index is 13.4. The van der Waals surface area contributed by atoms with Crippen molar-refractivity contribution < 1.29 is 14.3 Å². The predicted molar refractivity (Wildman–Crippen MR) is 81.7 cm³/mol. The molecule has 3 aromatic rings. The molecule has 2 heterocycles. The van der Waals surface area contributed by atoms with E-state index in [9.17, 15) is 14.3 Å². The molecule has 0 saturated carbocycles. The number of rotatable bonds is 4. The highest BCUT2D eigenvalue weighted by Gasteiger charge is 2.15. The molecule has 0 spiro atoms. The zero-order chi connectivity index (χ0) is 16.4. The van der Waals surface area contributed by atoms with E-state index < -0.39 is 17.8 Å². The Morgan fingerprint density at radius 2 is 2.30 bits per heavy atom. The zero-order valence-corrected chi connectivity index (χ0v) is 12.5. The third-order valence-electron chi connectivity index (χ3n) is 3.25. The summed E-state index contributed by atoms with van der Waals surface area (Å²) in [6, 6.07) is 5.70. The smallest absolute Gasteiger partial charge is 0.271 e. The molecule has 0 bridgehead atoms. The van der Waals surface area contributed by atoms with Crippen LogP contribution in [-0.4, -0.2) is 31.9 Å². The molecule has 0 fully saturated rings. The lowest BCUT2D eigenvalue weighted by Crippen LogP contribution is -2.28. The molecule has 2 aromatic heterocycles. The quantitative estimate of drug-likeness (QED) is 0.764. The third-order valence-corrected chi connectivity index (χ3v) is 3.56. The van der Waals surface area contributed by atoms with Gasteiger partial charge in [0.25, 0.3) is 5.91 Å². The van der Waals surface area contributed by atoms with Crippen molar-refractivity contribution in [3.05, 3.63) is 65.0 Å². The Kier molecular flexibility index (Phi) is 4.22. The van der Waals surface area contributed by atoms with E-state index in [0.29, 0.717) is 11.3 Å². The first-order valence-electron chi connectivity index (χ1n) is 6.75. The van der Waals surface area contributed by atoms with Crippen LogP contribution in [0.1, 0.15) is 22.2 Å². The van der Waals surface area contributed by atoms with Crippen molar-refractivity contribution in [1.82, 2.24) is 19.7 Å². The minimum absolute atomic E-state index is 0.0258. The van der Waals surface area contributed by atoms with Gasteiger partial charge in [-0.1, -0.05) is 17.7 Å². The first-order chi connectivity index (χ1) is 11.0. The molecule has 0 radical (unpaired) electrons. The molecule has 1 aromatic carbocycles. The lowest BCUT2D eigenvalue weighted by molar-refractivity contribution is 0.0912. The highest BCUT2D eigenvalue weighted by Crippen LogP contribution is 2.20.